The molecular weight excluding hydrogens is 406 g/mol. The Labute approximate surface area is 159 Å². The smallest absolute Gasteiger partial charge is 0.438 e. The summed E-state index contributed by atoms with van der Waals surface area (Å²) >= 11 is 0.437. The molecule has 1 N–H and O–H groups in total. The zero-order valence-electron chi connectivity index (χ0n) is 14.0. The van der Waals surface area contributed by atoms with E-state index in [9.17, 15) is 32.3 Å². The minimum atomic E-state index is -5.15. The lowest BCUT2D eigenvalue weighted by Crippen LogP contribution is -2.56. The summed E-state index contributed by atoms with van der Waals surface area (Å²) in [5.41, 5.74) is -3.49. The summed E-state index contributed by atoms with van der Waals surface area (Å²) in [6, 6.07) is 4.50. The van der Waals surface area contributed by atoms with Crippen molar-refractivity contribution in [1.29, 1.82) is 0 Å². The highest BCUT2D eigenvalue weighted by molar-refractivity contribution is 8.18. The Bertz CT molecular complexity index is 927. The predicted molar refractivity (Wildman–Crippen MR) is 90.5 cm³/mol. The number of rotatable bonds is 2. The number of halogens is 4. The molecule has 0 saturated carbocycles. The van der Waals surface area contributed by atoms with Crippen LogP contribution in [0.4, 0.5) is 17.6 Å². The van der Waals surface area contributed by atoms with Gasteiger partial charge < -0.3 is 9.84 Å². The van der Waals surface area contributed by atoms with Crippen LogP contribution in [0.15, 0.2) is 45.3 Å². The van der Waals surface area contributed by atoms with Gasteiger partial charge in [-0.25, -0.2) is 9.18 Å². The first-order chi connectivity index (χ1) is 13.0. The second kappa shape index (κ2) is 7.02. The van der Waals surface area contributed by atoms with Crippen LogP contribution in [-0.2, 0) is 14.3 Å². The van der Waals surface area contributed by atoms with E-state index in [2.05, 4.69) is 14.8 Å². The lowest BCUT2D eigenvalue weighted by atomic mass is 10.0. The van der Waals surface area contributed by atoms with E-state index in [4.69, 9.17) is 0 Å². The number of benzene rings is 1. The molecule has 1 aromatic rings. The highest BCUT2D eigenvalue weighted by Gasteiger charge is 2.63. The number of amides is 1. The summed E-state index contributed by atoms with van der Waals surface area (Å²) in [7, 11) is 1.06. The number of carbonyl (C=O) groups is 2. The van der Waals surface area contributed by atoms with E-state index in [1.54, 1.807) is 0 Å². The molecule has 1 aromatic carbocycles. The fourth-order valence-corrected chi connectivity index (χ4v) is 3.32. The topological polar surface area (TPSA) is 91.6 Å². The average Bonchev–Trinajstić information content (AvgIpc) is 3.16. The Kier molecular flexibility index (Phi) is 5.02. The number of ether oxygens (including phenoxy) is 1. The fourth-order valence-electron chi connectivity index (χ4n) is 2.43. The molecule has 12 heteroatoms. The van der Waals surface area contributed by atoms with Crippen LogP contribution in [0.1, 0.15) is 12.0 Å². The Morgan fingerprint density at radius 1 is 1.36 bits per heavy atom. The number of hydrazone groups is 1. The lowest BCUT2D eigenvalue weighted by molar-refractivity contribution is -0.294. The van der Waals surface area contributed by atoms with Crippen molar-refractivity contribution >= 4 is 34.5 Å². The Morgan fingerprint density at radius 3 is 2.57 bits per heavy atom. The van der Waals surface area contributed by atoms with Gasteiger partial charge in [-0.1, -0.05) is 12.1 Å². The maximum absolute atomic E-state index is 13.6. The SMILES string of the molecule is COC(=O)/C=C1/SC(N2N=C(c3ccc(F)cc3)C[C@@]2(O)C(F)(F)F)=NC1=O. The van der Waals surface area contributed by atoms with Gasteiger partial charge in [0.2, 0.25) is 0 Å². The summed E-state index contributed by atoms with van der Waals surface area (Å²) in [4.78, 5) is 26.3. The quantitative estimate of drug-likeness (QED) is 0.451. The van der Waals surface area contributed by atoms with Gasteiger partial charge in [0.15, 0.2) is 5.17 Å². The molecule has 0 spiro atoms. The first-order valence-electron chi connectivity index (χ1n) is 7.58. The molecule has 1 amide bonds. The number of nitrogens with zero attached hydrogens (tertiary/aromatic N) is 3. The van der Waals surface area contributed by atoms with Crippen LogP contribution in [0.5, 0.6) is 0 Å². The second-order valence-corrected chi connectivity index (χ2v) is 6.70. The van der Waals surface area contributed by atoms with Gasteiger partial charge in [0.1, 0.15) is 5.82 Å². The fraction of sp³-hybridized carbons (Fsp3) is 0.250. The van der Waals surface area contributed by atoms with Crippen molar-refractivity contribution in [1.82, 2.24) is 5.01 Å². The standard InChI is InChI=1S/C16H11F4N3O4S/c1-27-12(24)6-11-13(25)21-14(28-11)23-15(26,16(18,19)20)7-10(22-23)8-2-4-9(17)5-3-8/h2-6,26H,7H2,1H3/b11-6+/t15-/m1/s1. The van der Waals surface area contributed by atoms with E-state index in [1.165, 1.54) is 12.1 Å². The number of aliphatic imine (C=N–C) groups is 1. The van der Waals surface area contributed by atoms with Crippen LogP contribution in [0, 0.1) is 5.82 Å². The number of amidine groups is 1. The highest BCUT2D eigenvalue weighted by Crippen LogP contribution is 2.44. The van der Waals surface area contributed by atoms with E-state index in [-0.39, 0.29) is 21.2 Å². The molecule has 0 aliphatic carbocycles. The van der Waals surface area contributed by atoms with Crippen molar-refractivity contribution in [2.24, 2.45) is 10.1 Å². The first kappa shape index (κ1) is 20.0. The third-order valence-corrected chi connectivity index (χ3v) is 4.82. The molecule has 3 rings (SSSR count). The van der Waals surface area contributed by atoms with Crippen molar-refractivity contribution in [2.75, 3.05) is 7.11 Å². The van der Waals surface area contributed by atoms with Gasteiger partial charge in [-0.3, -0.25) is 4.79 Å². The Morgan fingerprint density at radius 2 is 2.00 bits per heavy atom. The second-order valence-electron chi connectivity index (χ2n) is 5.69. The lowest BCUT2D eigenvalue weighted by Gasteiger charge is -2.33. The van der Waals surface area contributed by atoms with Gasteiger partial charge in [0, 0.05) is 6.08 Å². The van der Waals surface area contributed by atoms with E-state index >= 15 is 0 Å². The van der Waals surface area contributed by atoms with E-state index < -0.39 is 41.2 Å². The van der Waals surface area contributed by atoms with Crippen molar-refractivity contribution in [3.63, 3.8) is 0 Å². The minimum absolute atomic E-state index is 0.159. The summed E-state index contributed by atoms with van der Waals surface area (Å²) in [6.45, 7) is 0. The van der Waals surface area contributed by atoms with Gasteiger partial charge in [-0.2, -0.15) is 28.3 Å². The summed E-state index contributed by atoms with van der Waals surface area (Å²) < 4.78 is 58.2. The van der Waals surface area contributed by atoms with Gasteiger partial charge in [-0.05, 0) is 29.5 Å². The number of thioether (sulfide) groups is 1. The molecule has 148 valence electrons. The third-order valence-electron chi connectivity index (χ3n) is 3.86. The number of aliphatic hydroxyl groups is 1. The van der Waals surface area contributed by atoms with E-state index in [1.807, 2.05) is 0 Å². The van der Waals surface area contributed by atoms with E-state index in [0.717, 1.165) is 25.3 Å². The molecule has 2 heterocycles. The largest absolute Gasteiger partial charge is 0.466 e. The Balaban J connectivity index is 1.99. The molecule has 2 aliphatic rings. The number of hydrogen-bond acceptors (Lipinski definition) is 7. The van der Waals surface area contributed by atoms with Crippen molar-refractivity contribution in [2.45, 2.75) is 18.3 Å². The zero-order valence-corrected chi connectivity index (χ0v) is 14.8. The van der Waals surface area contributed by atoms with Crippen LogP contribution in [0.3, 0.4) is 0 Å². The molecule has 0 saturated heterocycles. The molecule has 7 nitrogen and oxygen atoms in total. The minimum Gasteiger partial charge on any atom is -0.466 e. The maximum Gasteiger partial charge on any atom is 0.438 e. The molecule has 1 atom stereocenters. The monoisotopic (exact) mass is 417 g/mol. The molecule has 0 radical (unpaired) electrons. The average molecular weight is 417 g/mol. The van der Waals surface area contributed by atoms with Crippen molar-refractivity contribution in [3.8, 4) is 0 Å². The molecular formula is C16H11F4N3O4S. The van der Waals surface area contributed by atoms with Crippen molar-refractivity contribution < 1.29 is 37.0 Å². The van der Waals surface area contributed by atoms with E-state index in [0.29, 0.717) is 11.8 Å². The first-order valence-corrected chi connectivity index (χ1v) is 8.40. The van der Waals surface area contributed by atoms with Gasteiger partial charge in [-0.15, -0.1) is 0 Å². The van der Waals surface area contributed by atoms with Gasteiger partial charge >= 0.3 is 12.1 Å². The van der Waals surface area contributed by atoms with Crippen LogP contribution < -0.4 is 0 Å². The molecule has 28 heavy (non-hydrogen) atoms. The number of hydrogen-bond donors (Lipinski definition) is 1. The maximum atomic E-state index is 13.6. The zero-order chi connectivity index (χ0) is 20.7. The van der Waals surface area contributed by atoms with Crippen LogP contribution >= 0.6 is 11.8 Å². The molecule has 0 unspecified atom stereocenters. The summed E-state index contributed by atoms with van der Waals surface area (Å²) in [6.07, 6.45) is -5.35. The normalized spacial score (nSPS) is 23.9. The van der Waals surface area contributed by atoms with Gasteiger partial charge in [0.25, 0.3) is 11.6 Å². The summed E-state index contributed by atoms with van der Waals surface area (Å²) in [5, 5.41) is 13.7. The van der Waals surface area contributed by atoms with Gasteiger partial charge in [0.05, 0.1) is 24.1 Å². The molecule has 0 bridgehead atoms. The molecule has 2 aliphatic heterocycles. The van der Waals surface area contributed by atoms with Crippen LogP contribution in [0.25, 0.3) is 0 Å². The Hall–Kier alpha value is -2.73. The summed E-state index contributed by atoms with van der Waals surface area (Å²) in [5.74, 6) is -2.46. The number of esters is 1. The predicted octanol–water partition coefficient (Wildman–Crippen LogP) is 2.17. The third kappa shape index (κ3) is 3.52. The number of carbonyl (C=O) groups excluding carboxylic acids is 2. The highest BCUT2D eigenvalue weighted by atomic mass is 32.2. The number of methoxy groups -OCH3 is 1. The molecule has 0 fully saturated rings. The van der Waals surface area contributed by atoms with Crippen LogP contribution in [0.2, 0.25) is 0 Å². The number of alkyl halides is 3. The molecule has 0 aromatic heterocycles. The van der Waals surface area contributed by atoms with Crippen LogP contribution in [-0.4, -0.2) is 51.9 Å². The van der Waals surface area contributed by atoms with Crippen molar-refractivity contribution in [3.05, 3.63) is 46.6 Å².